The number of carboxylic acid groups (broad SMARTS) is 1. The smallest absolute Gasteiger partial charge is 0.305 e. The van der Waals surface area contributed by atoms with Gasteiger partial charge >= 0.3 is 5.97 Å². The SMILES string of the molecule is O=C(O)CC1SC(=NN=Cc2cccc(OCc3ccc(Cl)cc3F)c2)NC1=O. The monoisotopic (exact) mass is 435 g/mol. The second kappa shape index (κ2) is 9.53. The Morgan fingerprint density at radius 3 is 2.93 bits per heavy atom. The average Bonchev–Trinajstić information content (AvgIpc) is 3.00. The Morgan fingerprint density at radius 1 is 1.34 bits per heavy atom. The highest BCUT2D eigenvalue weighted by Gasteiger charge is 2.32. The van der Waals surface area contributed by atoms with Gasteiger partial charge in [0.25, 0.3) is 0 Å². The van der Waals surface area contributed by atoms with E-state index in [0.717, 1.165) is 11.8 Å². The van der Waals surface area contributed by atoms with Crippen molar-refractivity contribution in [3.05, 3.63) is 64.4 Å². The molecule has 1 saturated heterocycles. The molecule has 0 aliphatic carbocycles. The van der Waals surface area contributed by atoms with Crippen molar-refractivity contribution in [3.63, 3.8) is 0 Å². The summed E-state index contributed by atoms with van der Waals surface area (Å²) in [5, 5.41) is 18.9. The second-order valence-electron chi connectivity index (χ2n) is 5.94. The first-order valence-electron chi connectivity index (χ1n) is 8.38. The molecular weight excluding hydrogens is 421 g/mol. The number of aliphatic carboxylic acids is 1. The van der Waals surface area contributed by atoms with Crippen molar-refractivity contribution in [2.24, 2.45) is 10.2 Å². The van der Waals surface area contributed by atoms with Gasteiger partial charge in [-0.2, -0.15) is 5.10 Å². The molecule has 1 aliphatic heterocycles. The lowest BCUT2D eigenvalue weighted by Crippen LogP contribution is -2.26. The van der Waals surface area contributed by atoms with E-state index in [4.69, 9.17) is 21.4 Å². The van der Waals surface area contributed by atoms with E-state index in [2.05, 4.69) is 15.5 Å². The molecule has 1 unspecified atom stereocenters. The van der Waals surface area contributed by atoms with Gasteiger partial charge in [-0.3, -0.25) is 9.59 Å². The van der Waals surface area contributed by atoms with Crippen LogP contribution in [0.5, 0.6) is 5.75 Å². The average molecular weight is 436 g/mol. The molecule has 0 aromatic heterocycles. The van der Waals surface area contributed by atoms with Crippen LogP contribution in [0.15, 0.2) is 52.7 Å². The van der Waals surface area contributed by atoms with Crippen LogP contribution >= 0.6 is 23.4 Å². The number of hydrogen-bond donors (Lipinski definition) is 2. The van der Waals surface area contributed by atoms with Crippen LogP contribution in [0.4, 0.5) is 4.39 Å². The van der Waals surface area contributed by atoms with Gasteiger partial charge in [0.15, 0.2) is 5.17 Å². The van der Waals surface area contributed by atoms with Gasteiger partial charge in [0.2, 0.25) is 5.91 Å². The molecule has 150 valence electrons. The lowest BCUT2D eigenvalue weighted by Gasteiger charge is -2.08. The Morgan fingerprint density at radius 2 is 2.17 bits per heavy atom. The van der Waals surface area contributed by atoms with Crippen LogP contribution in [0.2, 0.25) is 5.02 Å². The predicted molar refractivity (Wildman–Crippen MR) is 109 cm³/mol. The van der Waals surface area contributed by atoms with Crippen LogP contribution < -0.4 is 10.1 Å². The summed E-state index contributed by atoms with van der Waals surface area (Å²) in [6.07, 6.45) is 1.17. The van der Waals surface area contributed by atoms with Gasteiger partial charge in [0.05, 0.1) is 12.6 Å². The fourth-order valence-electron chi connectivity index (χ4n) is 2.38. The minimum atomic E-state index is -1.06. The fraction of sp³-hybridized carbons (Fsp3) is 0.158. The lowest BCUT2D eigenvalue weighted by molar-refractivity contribution is -0.138. The van der Waals surface area contributed by atoms with E-state index in [1.165, 1.54) is 12.3 Å². The Balaban J connectivity index is 1.59. The summed E-state index contributed by atoms with van der Waals surface area (Å²) in [5.41, 5.74) is 1.06. The molecule has 0 radical (unpaired) electrons. The van der Waals surface area contributed by atoms with Crippen molar-refractivity contribution in [2.45, 2.75) is 18.3 Å². The molecule has 1 fully saturated rings. The van der Waals surface area contributed by atoms with E-state index in [0.29, 0.717) is 21.9 Å². The number of nitrogens with zero attached hydrogens (tertiary/aromatic N) is 2. The van der Waals surface area contributed by atoms with Gasteiger partial charge < -0.3 is 15.2 Å². The first-order chi connectivity index (χ1) is 13.9. The number of hydrogen-bond acceptors (Lipinski definition) is 6. The maximum Gasteiger partial charge on any atom is 0.305 e. The van der Waals surface area contributed by atoms with Gasteiger partial charge in [-0.15, -0.1) is 5.10 Å². The number of carboxylic acids is 1. The highest BCUT2D eigenvalue weighted by molar-refractivity contribution is 8.15. The lowest BCUT2D eigenvalue weighted by atomic mass is 10.2. The number of carbonyl (C=O) groups is 2. The van der Waals surface area contributed by atoms with Gasteiger partial charge in [0, 0.05) is 10.6 Å². The van der Waals surface area contributed by atoms with Crippen molar-refractivity contribution in [1.29, 1.82) is 0 Å². The minimum Gasteiger partial charge on any atom is -0.489 e. The van der Waals surface area contributed by atoms with E-state index in [-0.39, 0.29) is 18.2 Å². The van der Waals surface area contributed by atoms with Gasteiger partial charge in [0.1, 0.15) is 23.4 Å². The zero-order valence-corrected chi connectivity index (χ0v) is 16.4. The molecule has 3 rings (SSSR count). The molecule has 0 bridgehead atoms. The Labute approximate surface area is 174 Å². The topological polar surface area (TPSA) is 100 Å². The van der Waals surface area contributed by atoms with Crippen molar-refractivity contribution < 1.29 is 23.8 Å². The third kappa shape index (κ3) is 6.03. The van der Waals surface area contributed by atoms with Crippen LogP contribution in [0.1, 0.15) is 17.5 Å². The summed E-state index contributed by atoms with van der Waals surface area (Å²) in [6, 6.07) is 11.3. The molecule has 0 saturated carbocycles. The van der Waals surface area contributed by atoms with Crippen LogP contribution in [-0.2, 0) is 16.2 Å². The predicted octanol–water partition coefficient (Wildman–Crippen LogP) is 3.45. The number of amides is 1. The number of halogens is 2. The van der Waals surface area contributed by atoms with E-state index in [1.807, 2.05) is 0 Å². The summed E-state index contributed by atoms with van der Waals surface area (Å²) in [6.45, 7) is 0.0412. The maximum absolute atomic E-state index is 13.8. The fourth-order valence-corrected chi connectivity index (χ4v) is 3.45. The molecule has 2 aromatic carbocycles. The number of rotatable bonds is 7. The van der Waals surface area contributed by atoms with Crippen molar-refractivity contribution >= 4 is 46.6 Å². The second-order valence-corrected chi connectivity index (χ2v) is 7.57. The molecule has 1 aliphatic rings. The first-order valence-corrected chi connectivity index (χ1v) is 9.63. The summed E-state index contributed by atoms with van der Waals surface area (Å²) < 4.78 is 19.4. The number of thioether (sulfide) groups is 1. The van der Waals surface area contributed by atoms with Gasteiger partial charge in [-0.1, -0.05) is 41.6 Å². The maximum atomic E-state index is 13.8. The summed E-state index contributed by atoms with van der Waals surface area (Å²) >= 11 is 6.75. The number of benzene rings is 2. The summed E-state index contributed by atoms with van der Waals surface area (Å²) in [5.74, 6) is -1.39. The zero-order chi connectivity index (χ0) is 20.8. The number of carbonyl (C=O) groups excluding carboxylic acids is 1. The molecule has 2 N–H and O–H groups in total. The van der Waals surface area contributed by atoms with E-state index in [1.54, 1.807) is 36.4 Å². The molecule has 1 atom stereocenters. The molecule has 1 amide bonds. The third-order valence-electron chi connectivity index (χ3n) is 3.76. The van der Waals surface area contributed by atoms with Crippen molar-refractivity contribution in [3.8, 4) is 5.75 Å². The normalized spacial score (nSPS) is 17.7. The van der Waals surface area contributed by atoms with E-state index >= 15 is 0 Å². The molecule has 29 heavy (non-hydrogen) atoms. The molecule has 7 nitrogen and oxygen atoms in total. The Bertz CT molecular complexity index is 999. The van der Waals surface area contributed by atoms with Crippen molar-refractivity contribution in [2.75, 3.05) is 0 Å². The van der Waals surface area contributed by atoms with Crippen LogP contribution in [0.3, 0.4) is 0 Å². The van der Waals surface area contributed by atoms with Crippen LogP contribution in [0.25, 0.3) is 0 Å². The third-order valence-corrected chi connectivity index (χ3v) is 5.07. The van der Waals surface area contributed by atoms with Gasteiger partial charge in [-0.25, -0.2) is 4.39 Å². The highest BCUT2D eigenvalue weighted by Crippen LogP contribution is 2.22. The van der Waals surface area contributed by atoms with E-state index in [9.17, 15) is 14.0 Å². The number of amidine groups is 1. The summed E-state index contributed by atoms with van der Waals surface area (Å²) in [7, 11) is 0. The van der Waals surface area contributed by atoms with Crippen LogP contribution in [0, 0.1) is 5.82 Å². The molecule has 10 heteroatoms. The highest BCUT2D eigenvalue weighted by atomic mass is 35.5. The Kier molecular flexibility index (Phi) is 6.84. The molecule has 1 heterocycles. The van der Waals surface area contributed by atoms with Crippen molar-refractivity contribution in [1.82, 2.24) is 5.32 Å². The number of nitrogens with one attached hydrogen (secondary N) is 1. The first kappa shape index (κ1) is 20.8. The zero-order valence-electron chi connectivity index (χ0n) is 14.8. The standard InChI is InChI=1S/C19H15ClFN3O4S/c20-13-5-4-12(15(21)7-13)10-28-14-3-1-2-11(6-14)9-22-24-19-23-18(27)16(29-19)8-17(25)26/h1-7,9,16H,8,10H2,(H,25,26)(H,23,24,27). The van der Waals surface area contributed by atoms with Crippen LogP contribution in [-0.4, -0.2) is 33.6 Å². The number of ether oxygens (including phenoxy) is 1. The molecular formula is C19H15ClFN3O4S. The molecule has 0 spiro atoms. The quantitative estimate of drug-likeness (QED) is 0.512. The van der Waals surface area contributed by atoms with E-state index < -0.39 is 22.9 Å². The van der Waals surface area contributed by atoms with Gasteiger partial charge in [-0.05, 0) is 29.8 Å². The minimum absolute atomic E-state index is 0.0412. The largest absolute Gasteiger partial charge is 0.489 e. The molecule has 2 aromatic rings. The summed E-state index contributed by atoms with van der Waals surface area (Å²) in [4.78, 5) is 22.4. The Hall–Kier alpha value is -2.91.